The standard InChI is InChI=1S/C11H16O2S/c1-13-7-2-3-8-14-11-6-4-5-10(12)9-11/h4-6,9,12H,2-3,7-8H2,1H3. The third kappa shape index (κ3) is 4.53. The molecule has 0 atom stereocenters. The average Bonchev–Trinajstić information content (AvgIpc) is 2.18. The average molecular weight is 212 g/mol. The number of benzene rings is 1. The normalized spacial score (nSPS) is 10.4. The molecule has 0 aliphatic heterocycles. The van der Waals surface area contributed by atoms with Gasteiger partial charge in [-0.3, -0.25) is 0 Å². The van der Waals surface area contributed by atoms with Gasteiger partial charge in [-0.15, -0.1) is 11.8 Å². The Morgan fingerprint density at radius 2 is 2.21 bits per heavy atom. The highest BCUT2D eigenvalue weighted by molar-refractivity contribution is 7.99. The number of phenols is 1. The molecule has 0 amide bonds. The van der Waals surface area contributed by atoms with E-state index in [4.69, 9.17) is 4.74 Å². The number of phenolic OH excluding ortho intramolecular Hbond substituents is 1. The summed E-state index contributed by atoms with van der Waals surface area (Å²) in [6.45, 7) is 0.834. The minimum Gasteiger partial charge on any atom is -0.508 e. The van der Waals surface area contributed by atoms with Gasteiger partial charge in [0, 0.05) is 18.6 Å². The van der Waals surface area contributed by atoms with Crippen molar-refractivity contribution in [3.8, 4) is 5.75 Å². The van der Waals surface area contributed by atoms with E-state index < -0.39 is 0 Å². The molecule has 0 spiro atoms. The SMILES string of the molecule is COCCCCSc1cccc(O)c1. The molecule has 0 saturated heterocycles. The quantitative estimate of drug-likeness (QED) is 0.581. The molecule has 78 valence electrons. The molecule has 0 aromatic heterocycles. The molecule has 0 radical (unpaired) electrons. The van der Waals surface area contributed by atoms with Crippen LogP contribution in [0.5, 0.6) is 5.75 Å². The first kappa shape index (κ1) is 11.4. The predicted molar refractivity (Wildman–Crippen MR) is 59.9 cm³/mol. The van der Waals surface area contributed by atoms with Crippen molar-refractivity contribution in [2.75, 3.05) is 19.5 Å². The Balaban J connectivity index is 2.18. The first-order chi connectivity index (χ1) is 6.83. The second-order valence-corrected chi connectivity index (χ2v) is 4.21. The third-order valence-corrected chi connectivity index (χ3v) is 2.91. The zero-order valence-electron chi connectivity index (χ0n) is 8.40. The van der Waals surface area contributed by atoms with E-state index in [9.17, 15) is 5.11 Å². The maximum atomic E-state index is 9.22. The van der Waals surface area contributed by atoms with E-state index in [-0.39, 0.29) is 0 Å². The zero-order chi connectivity index (χ0) is 10.2. The van der Waals surface area contributed by atoms with Gasteiger partial charge in [0.2, 0.25) is 0 Å². The van der Waals surface area contributed by atoms with Gasteiger partial charge in [-0.1, -0.05) is 6.07 Å². The maximum Gasteiger partial charge on any atom is 0.116 e. The number of thioether (sulfide) groups is 1. The lowest BCUT2D eigenvalue weighted by molar-refractivity contribution is 0.194. The van der Waals surface area contributed by atoms with Crippen LogP contribution in [0.25, 0.3) is 0 Å². The highest BCUT2D eigenvalue weighted by atomic mass is 32.2. The van der Waals surface area contributed by atoms with Gasteiger partial charge in [0.05, 0.1) is 0 Å². The number of rotatable bonds is 6. The number of methoxy groups -OCH3 is 1. The Labute approximate surface area is 89.3 Å². The van der Waals surface area contributed by atoms with Gasteiger partial charge in [-0.2, -0.15) is 0 Å². The fourth-order valence-electron chi connectivity index (χ4n) is 1.11. The van der Waals surface area contributed by atoms with E-state index in [2.05, 4.69) is 0 Å². The highest BCUT2D eigenvalue weighted by Gasteiger charge is 1.95. The van der Waals surface area contributed by atoms with Gasteiger partial charge in [0.15, 0.2) is 0 Å². The van der Waals surface area contributed by atoms with Crippen LogP contribution in [0.1, 0.15) is 12.8 Å². The lowest BCUT2D eigenvalue weighted by Gasteiger charge is -2.01. The first-order valence-corrected chi connectivity index (χ1v) is 5.72. The number of ether oxygens (including phenoxy) is 1. The van der Waals surface area contributed by atoms with E-state index >= 15 is 0 Å². The summed E-state index contributed by atoms with van der Waals surface area (Å²) >= 11 is 1.77. The van der Waals surface area contributed by atoms with Crippen LogP contribution >= 0.6 is 11.8 Å². The van der Waals surface area contributed by atoms with Crippen LogP contribution in [-0.2, 0) is 4.74 Å². The molecular formula is C11H16O2S. The molecule has 1 N–H and O–H groups in total. The van der Waals surface area contributed by atoms with Gasteiger partial charge < -0.3 is 9.84 Å². The van der Waals surface area contributed by atoms with E-state index in [0.29, 0.717) is 5.75 Å². The highest BCUT2D eigenvalue weighted by Crippen LogP contribution is 2.22. The van der Waals surface area contributed by atoms with Crippen molar-refractivity contribution in [3.05, 3.63) is 24.3 Å². The third-order valence-electron chi connectivity index (χ3n) is 1.83. The summed E-state index contributed by atoms with van der Waals surface area (Å²) in [5, 5.41) is 9.22. The lowest BCUT2D eigenvalue weighted by Crippen LogP contribution is -1.89. The molecule has 0 saturated carbocycles. The molecule has 0 aliphatic carbocycles. The van der Waals surface area contributed by atoms with Crippen LogP contribution < -0.4 is 0 Å². The Morgan fingerprint density at radius 1 is 1.36 bits per heavy atom. The van der Waals surface area contributed by atoms with Gasteiger partial charge in [0.25, 0.3) is 0 Å². The minimum atomic E-state index is 0.340. The van der Waals surface area contributed by atoms with Crippen molar-refractivity contribution in [1.82, 2.24) is 0 Å². The predicted octanol–water partition coefficient (Wildman–Crippen LogP) is 2.91. The van der Waals surface area contributed by atoms with Gasteiger partial charge in [0.1, 0.15) is 5.75 Å². The molecule has 1 aromatic carbocycles. The summed E-state index contributed by atoms with van der Waals surface area (Å²) in [5.74, 6) is 1.42. The smallest absolute Gasteiger partial charge is 0.116 e. The van der Waals surface area contributed by atoms with Crippen LogP contribution in [0.4, 0.5) is 0 Å². The molecule has 0 heterocycles. The molecule has 2 nitrogen and oxygen atoms in total. The van der Waals surface area contributed by atoms with E-state index in [1.165, 1.54) is 0 Å². The molecule has 0 unspecified atom stereocenters. The molecule has 1 aromatic rings. The number of unbranched alkanes of at least 4 members (excludes halogenated alkanes) is 1. The van der Waals surface area contributed by atoms with Crippen LogP contribution in [-0.4, -0.2) is 24.6 Å². The summed E-state index contributed by atoms with van der Waals surface area (Å²) in [5.41, 5.74) is 0. The summed E-state index contributed by atoms with van der Waals surface area (Å²) < 4.78 is 4.96. The van der Waals surface area contributed by atoms with Gasteiger partial charge in [-0.05, 0) is 36.8 Å². The Bertz CT molecular complexity index is 263. The summed E-state index contributed by atoms with van der Waals surface area (Å²) in [6, 6.07) is 7.36. The first-order valence-electron chi connectivity index (χ1n) is 4.73. The minimum absolute atomic E-state index is 0.340. The molecule has 1 rings (SSSR count). The monoisotopic (exact) mass is 212 g/mol. The summed E-state index contributed by atoms with van der Waals surface area (Å²) in [4.78, 5) is 1.13. The van der Waals surface area contributed by atoms with Crippen molar-refractivity contribution >= 4 is 11.8 Å². The van der Waals surface area contributed by atoms with Crippen molar-refractivity contribution < 1.29 is 9.84 Å². The zero-order valence-corrected chi connectivity index (χ0v) is 9.22. The topological polar surface area (TPSA) is 29.5 Å². The van der Waals surface area contributed by atoms with Crippen molar-refractivity contribution in [3.63, 3.8) is 0 Å². The van der Waals surface area contributed by atoms with Gasteiger partial charge >= 0.3 is 0 Å². The van der Waals surface area contributed by atoms with Crippen molar-refractivity contribution in [1.29, 1.82) is 0 Å². The molecule has 3 heteroatoms. The van der Waals surface area contributed by atoms with Crippen LogP contribution in [0.2, 0.25) is 0 Å². The number of aromatic hydroxyl groups is 1. The summed E-state index contributed by atoms with van der Waals surface area (Å²) in [6.07, 6.45) is 2.25. The van der Waals surface area contributed by atoms with Crippen molar-refractivity contribution in [2.24, 2.45) is 0 Å². The van der Waals surface area contributed by atoms with Crippen LogP contribution in [0, 0.1) is 0 Å². The summed E-state index contributed by atoms with van der Waals surface area (Å²) in [7, 11) is 1.72. The van der Waals surface area contributed by atoms with Crippen LogP contribution in [0.3, 0.4) is 0 Å². The second kappa shape index (κ2) is 6.74. The van der Waals surface area contributed by atoms with Crippen molar-refractivity contribution in [2.45, 2.75) is 17.7 Å². The van der Waals surface area contributed by atoms with E-state index in [1.54, 1.807) is 31.0 Å². The lowest BCUT2D eigenvalue weighted by atomic mass is 10.3. The number of hydrogen-bond donors (Lipinski definition) is 1. The van der Waals surface area contributed by atoms with Crippen LogP contribution in [0.15, 0.2) is 29.2 Å². The molecular weight excluding hydrogens is 196 g/mol. The largest absolute Gasteiger partial charge is 0.508 e. The fraction of sp³-hybridized carbons (Fsp3) is 0.455. The van der Waals surface area contributed by atoms with E-state index in [1.807, 2.05) is 12.1 Å². The molecule has 0 fully saturated rings. The molecule has 14 heavy (non-hydrogen) atoms. The Hall–Kier alpha value is -0.670. The Kier molecular flexibility index (Phi) is 5.49. The molecule has 0 aliphatic rings. The second-order valence-electron chi connectivity index (χ2n) is 3.05. The Morgan fingerprint density at radius 3 is 2.93 bits per heavy atom. The number of hydrogen-bond acceptors (Lipinski definition) is 3. The fourth-order valence-corrected chi connectivity index (χ4v) is 2.07. The maximum absolute atomic E-state index is 9.22. The van der Waals surface area contributed by atoms with E-state index in [0.717, 1.165) is 30.1 Å². The van der Waals surface area contributed by atoms with Gasteiger partial charge in [-0.25, -0.2) is 0 Å². The molecule has 0 bridgehead atoms.